The highest BCUT2D eigenvalue weighted by Crippen LogP contribution is 2.52. The van der Waals surface area contributed by atoms with Crippen LogP contribution in [0.3, 0.4) is 0 Å². The number of thiazole rings is 1. The van der Waals surface area contributed by atoms with Gasteiger partial charge in [0.2, 0.25) is 5.91 Å². The van der Waals surface area contributed by atoms with Gasteiger partial charge in [-0.05, 0) is 12.5 Å². The number of amides is 2. The standard InChI is InChI=1S/C19H22N4O6S2/c1-7-13-12(8(2)24)16(25)23(13)14(17(26)27)15(7)31-19-22-11(6-30-19)9-3-4-21-10(9)5-29-18(20)28/h3,6-8,10,12-13,21,24H,4-5H2,1-2H3,(H2,20,28)(H,26,27)/t7-,8-,10+,12-,13-/m1/s1. The minimum Gasteiger partial charge on any atom is -0.477 e. The van der Waals surface area contributed by atoms with E-state index in [1.807, 2.05) is 18.4 Å². The Bertz CT molecular complexity index is 1000. The maximum absolute atomic E-state index is 12.5. The van der Waals surface area contributed by atoms with Crippen molar-refractivity contribution >= 4 is 46.6 Å². The van der Waals surface area contributed by atoms with E-state index >= 15 is 0 Å². The number of aliphatic carboxylic acids is 1. The van der Waals surface area contributed by atoms with Crippen LogP contribution in [0.4, 0.5) is 4.79 Å². The van der Waals surface area contributed by atoms with Crippen LogP contribution in [0.15, 0.2) is 26.4 Å². The van der Waals surface area contributed by atoms with Crippen LogP contribution in [0.5, 0.6) is 0 Å². The number of carboxylic acid groups (broad SMARTS) is 1. The summed E-state index contributed by atoms with van der Waals surface area (Å²) in [5.74, 6) is -2.36. The molecule has 4 heterocycles. The van der Waals surface area contributed by atoms with E-state index in [2.05, 4.69) is 10.3 Å². The molecule has 31 heavy (non-hydrogen) atoms. The zero-order chi connectivity index (χ0) is 22.4. The third-order valence-electron chi connectivity index (χ3n) is 5.74. The van der Waals surface area contributed by atoms with Crippen molar-refractivity contribution in [3.63, 3.8) is 0 Å². The molecule has 1 aromatic rings. The lowest BCUT2D eigenvalue weighted by atomic mass is 9.79. The average molecular weight is 467 g/mol. The quantitative estimate of drug-likeness (QED) is 0.428. The topological polar surface area (TPSA) is 155 Å². The van der Waals surface area contributed by atoms with Crippen molar-refractivity contribution in [1.29, 1.82) is 0 Å². The molecular weight excluding hydrogens is 444 g/mol. The molecular formula is C19H22N4O6S2. The predicted octanol–water partition coefficient (Wildman–Crippen LogP) is 0.839. The number of hydrogen-bond donors (Lipinski definition) is 4. The molecule has 5 N–H and O–H groups in total. The van der Waals surface area contributed by atoms with Crippen LogP contribution in [0.1, 0.15) is 19.5 Å². The van der Waals surface area contributed by atoms with Gasteiger partial charge in [-0.25, -0.2) is 14.6 Å². The molecule has 0 unspecified atom stereocenters. The van der Waals surface area contributed by atoms with Crippen LogP contribution < -0.4 is 11.1 Å². The van der Waals surface area contributed by atoms with Gasteiger partial charge in [0, 0.05) is 22.7 Å². The molecule has 0 radical (unpaired) electrons. The highest BCUT2D eigenvalue weighted by Gasteiger charge is 2.60. The second kappa shape index (κ2) is 8.26. The fourth-order valence-corrected chi connectivity index (χ4v) is 6.45. The summed E-state index contributed by atoms with van der Waals surface area (Å²) in [6.45, 7) is 4.11. The number of carbonyl (C=O) groups excluding carboxylic acids is 2. The molecule has 1 aromatic heterocycles. The first-order valence-corrected chi connectivity index (χ1v) is 11.4. The molecule has 12 heteroatoms. The zero-order valence-electron chi connectivity index (χ0n) is 16.8. The number of carboxylic acids is 1. The zero-order valence-corrected chi connectivity index (χ0v) is 18.4. The molecule has 0 aromatic carbocycles. The Kier molecular flexibility index (Phi) is 5.81. The molecule has 166 valence electrons. The molecule has 0 spiro atoms. The van der Waals surface area contributed by atoms with Gasteiger partial charge in [0.15, 0.2) is 4.34 Å². The highest BCUT2D eigenvalue weighted by atomic mass is 32.2. The van der Waals surface area contributed by atoms with Crippen molar-refractivity contribution < 1.29 is 29.3 Å². The second-order valence-corrected chi connectivity index (χ2v) is 9.77. The van der Waals surface area contributed by atoms with Crippen LogP contribution in [-0.2, 0) is 14.3 Å². The van der Waals surface area contributed by atoms with Gasteiger partial charge in [-0.1, -0.05) is 24.8 Å². The SMILES string of the molecule is C[C@@H](O)[C@H]1C(=O)N2C(C(=O)O)=C(Sc3nc(C4=CCN[C@H]4COC(N)=O)cs3)[C@H](C)[C@H]12. The van der Waals surface area contributed by atoms with Crippen molar-refractivity contribution in [2.75, 3.05) is 13.2 Å². The van der Waals surface area contributed by atoms with Crippen LogP contribution in [-0.4, -0.2) is 69.4 Å². The fraction of sp³-hybridized carbons (Fsp3) is 0.474. The first kappa shape index (κ1) is 21.8. The molecule has 4 rings (SSSR count). The van der Waals surface area contributed by atoms with Gasteiger partial charge in [-0.2, -0.15) is 0 Å². The number of hydrogen-bond acceptors (Lipinski definition) is 9. The smallest absolute Gasteiger partial charge is 0.404 e. The van der Waals surface area contributed by atoms with Crippen LogP contribution in [0.2, 0.25) is 0 Å². The normalized spacial score (nSPS) is 28.3. The lowest BCUT2D eigenvalue weighted by molar-refractivity contribution is -0.163. The van der Waals surface area contributed by atoms with E-state index in [-0.39, 0.29) is 36.2 Å². The minimum atomic E-state index is -1.17. The number of fused-ring (bicyclic) bond motifs is 1. The van der Waals surface area contributed by atoms with E-state index in [4.69, 9.17) is 10.5 Å². The molecule has 1 saturated heterocycles. The Morgan fingerprint density at radius 2 is 2.26 bits per heavy atom. The molecule has 5 atom stereocenters. The molecule has 0 aliphatic carbocycles. The molecule has 3 aliphatic rings. The maximum atomic E-state index is 12.5. The lowest BCUT2D eigenvalue weighted by Crippen LogP contribution is -2.63. The van der Waals surface area contributed by atoms with Gasteiger partial charge < -0.3 is 30.9 Å². The summed E-state index contributed by atoms with van der Waals surface area (Å²) in [5, 5.41) is 24.7. The van der Waals surface area contributed by atoms with E-state index in [0.29, 0.717) is 21.5 Å². The number of nitrogens with one attached hydrogen (secondary N) is 1. The van der Waals surface area contributed by atoms with Gasteiger partial charge in [0.05, 0.1) is 29.8 Å². The third kappa shape index (κ3) is 3.73. The largest absolute Gasteiger partial charge is 0.477 e. The summed E-state index contributed by atoms with van der Waals surface area (Å²) in [4.78, 5) is 41.8. The van der Waals surface area contributed by atoms with Crippen LogP contribution in [0.25, 0.3) is 5.57 Å². The van der Waals surface area contributed by atoms with Crippen molar-refractivity contribution in [1.82, 2.24) is 15.2 Å². The number of thioether (sulfide) groups is 1. The molecule has 0 bridgehead atoms. The molecule has 1 fully saturated rings. The van der Waals surface area contributed by atoms with Crippen LogP contribution >= 0.6 is 23.1 Å². The molecule has 3 aliphatic heterocycles. The molecule has 0 saturated carbocycles. The first-order chi connectivity index (χ1) is 14.7. The Morgan fingerprint density at radius 1 is 1.52 bits per heavy atom. The summed E-state index contributed by atoms with van der Waals surface area (Å²) >= 11 is 2.60. The van der Waals surface area contributed by atoms with E-state index in [9.17, 15) is 24.6 Å². The number of aliphatic hydroxyl groups excluding tert-OH is 1. The number of primary amides is 1. The number of nitrogens with zero attached hydrogens (tertiary/aromatic N) is 2. The summed E-state index contributed by atoms with van der Waals surface area (Å²) in [6.07, 6.45) is 0.264. The summed E-state index contributed by atoms with van der Waals surface area (Å²) in [5.41, 5.74) is 6.60. The van der Waals surface area contributed by atoms with E-state index in [1.54, 1.807) is 6.92 Å². The second-order valence-electron chi connectivity index (χ2n) is 7.62. The van der Waals surface area contributed by atoms with Crippen molar-refractivity contribution in [2.45, 2.75) is 36.4 Å². The third-order valence-corrected chi connectivity index (χ3v) is 7.96. The van der Waals surface area contributed by atoms with E-state index in [1.165, 1.54) is 28.0 Å². The Balaban J connectivity index is 1.55. The first-order valence-electron chi connectivity index (χ1n) is 9.68. The number of aromatic nitrogens is 1. The monoisotopic (exact) mass is 466 g/mol. The highest BCUT2D eigenvalue weighted by molar-refractivity contribution is 8.04. The number of β-lactam (4-membered cyclic amide) rings is 1. The van der Waals surface area contributed by atoms with Gasteiger partial charge in [-0.3, -0.25) is 4.79 Å². The number of rotatable bonds is 7. The van der Waals surface area contributed by atoms with Crippen molar-refractivity contribution in [3.05, 3.63) is 27.8 Å². The fourth-order valence-electron chi connectivity index (χ4n) is 4.35. The summed E-state index contributed by atoms with van der Waals surface area (Å²) in [6, 6.07) is -0.587. The van der Waals surface area contributed by atoms with Gasteiger partial charge in [0.1, 0.15) is 12.3 Å². The number of nitrogens with two attached hydrogens (primary N) is 1. The Labute approximate surface area is 186 Å². The summed E-state index contributed by atoms with van der Waals surface area (Å²) < 4.78 is 5.53. The Morgan fingerprint density at radius 3 is 2.90 bits per heavy atom. The van der Waals surface area contributed by atoms with Crippen molar-refractivity contribution in [3.8, 4) is 0 Å². The number of ether oxygens (including phenoxy) is 1. The van der Waals surface area contributed by atoms with Gasteiger partial charge in [0.25, 0.3) is 0 Å². The minimum absolute atomic E-state index is 0.0318. The van der Waals surface area contributed by atoms with E-state index < -0.39 is 24.1 Å². The van der Waals surface area contributed by atoms with Gasteiger partial charge in [-0.15, -0.1) is 11.3 Å². The van der Waals surface area contributed by atoms with Gasteiger partial charge >= 0.3 is 12.1 Å². The number of aliphatic hydroxyl groups is 1. The van der Waals surface area contributed by atoms with E-state index in [0.717, 1.165) is 5.57 Å². The molecule has 2 amide bonds. The maximum Gasteiger partial charge on any atom is 0.404 e. The van der Waals surface area contributed by atoms with Crippen LogP contribution in [0, 0.1) is 11.8 Å². The predicted molar refractivity (Wildman–Crippen MR) is 113 cm³/mol. The Hall–Kier alpha value is -2.41. The molecule has 10 nitrogen and oxygen atoms in total. The number of carbonyl (C=O) groups is 3. The summed E-state index contributed by atoms with van der Waals surface area (Å²) in [7, 11) is 0. The average Bonchev–Trinajstić information content (AvgIpc) is 3.38. The lowest BCUT2D eigenvalue weighted by Gasteiger charge is -2.46. The van der Waals surface area contributed by atoms with Crippen molar-refractivity contribution in [2.24, 2.45) is 17.6 Å².